The van der Waals surface area contributed by atoms with Gasteiger partial charge in [0.2, 0.25) is 0 Å². The fourth-order valence-corrected chi connectivity index (χ4v) is 2.22. The summed E-state index contributed by atoms with van der Waals surface area (Å²) in [5.74, 6) is 1.47. The maximum atomic E-state index is 11.4. The second-order valence-electron chi connectivity index (χ2n) is 4.68. The third kappa shape index (κ3) is 1.95. The second kappa shape index (κ2) is 4.39. The van der Waals surface area contributed by atoms with Crippen molar-refractivity contribution in [1.82, 2.24) is 0 Å². The molecule has 1 aliphatic heterocycles. The molecule has 94 valence electrons. The maximum Gasteiger partial charge on any atom is 0.159 e. The standard InChI is InChI=1S/C17H14O2/c1-11(12(2)18)16-10-8-15-14-6-4-3-5-13(14)7-9-17(15)19-16/h3-10H,1-2H3/b16-11+. The second-order valence-corrected chi connectivity index (χ2v) is 4.68. The Hall–Kier alpha value is -2.35. The van der Waals surface area contributed by atoms with Gasteiger partial charge < -0.3 is 4.74 Å². The van der Waals surface area contributed by atoms with E-state index in [-0.39, 0.29) is 5.78 Å². The predicted molar refractivity (Wildman–Crippen MR) is 77.0 cm³/mol. The van der Waals surface area contributed by atoms with Crippen LogP contribution in [-0.4, -0.2) is 5.78 Å². The van der Waals surface area contributed by atoms with Crippen molar-refractivity contribution in [3.63, 3.8) is 0 Å². The number of benzene rings is 2. The molecule has 0 spiro atoms. The summed E-state index contributed by atoms with van der Waals surface area (Å²) < 4.78 is 5.84. The molecule has 0 saturated heterocycles. The van der Waals surface area contributed by atoms with Gasteiger partial charge in [-0.15, -0.1) is 0 Å². The molecule has 0 unspecified atom stereocenters. The van der Waals surface area contributed by atoms with Gasteiger partial charge in [0.15, 0.2) is 5.78 Å². The molecular weight excluding hydrogens is 236 g/mol. The van der Waals surface area contributed by atoms with Gasteiger partial charge in [-0.2, -0.15) is 0 Å². The van der Waals surface area contributed by atoms with Crippen LogP contribution in [0, 0.1) is 0 Å². The summed E-state index contributed by atoms with van der Waals surface area (Å²) in [4.78, 5) is 11.4. The summed E-state index contributed by atoms with van der Waals surface area (Å²) in [6, 6.07) is 12.2. The number of fused-ring (bicyclic) bond motifs is 3. The third-order valence-corrected chi connectivity index (χ3v) is 3.45. The van der Waals surface area contributed by atoms with Gasteiger partial charge in [-0.25, -0.2) is 0 Å². The van der Waals surface area contributed by atoms with Crippen LogP contribution in [0.1, 0.15) is 19.4 Å². The zero-order valence-corrected chi connectivity index (χ0v) is 10.9. The minimum absolute atomic E-state index is 0.0314. The zero-order valence-electron chi connectivity index (χ0n) is 10.9. The monoisotopic (exact) mass is 250 g/mol. The van der Waals surface area contributed by atoms with Crippen LogP contribution >= 0.6 is 0 Å². The number of Topliss-reactive ketones (excluding diaryl/α,β-unsaturated/α-hetero) is 1. The van der Waals surface area contributed by atoms with Crippen LogP contribution in [0.2, 0.25) is 0 Å². The molecule has 0 atom stereocenters. The lowest BCUT2D eigenvalue weighted by Gasteiger charge is -2.17. The van der Waals surface area contributed by atoms with Crippen LogP contribution in [0.3, 0.4) is 0 Å². The van der Waals surface area contributed by atoms with E-state index >= 15 is 0 Å². The SMILES string of the molecule is CC(=O)/C(C)=C1\C=Cc2c(ccc3ccccc23)O1. The Bertz CT molecular complexity index is 736. The largest absolute Gasteiger partial charge is 0.456 e. The van der Waals surface area contributed by atoms with E-state index in [1.165, 1.54) is 5.39 Å². The van der Waals surface area contributed by atoms with E-state index in [1.54, 1.807) is 13.8 Å². The first-order chi connectivity index (χ1) is 9.16. The van der Waals surface area contributed by atoms with Crippen molar-refractivity contribution in [3.8, 4) is 5.75 Å². The predicted octanol–water partition coefficient (Wildman–Crippen LogP) is 4.11. The van der Waals surface area contributed by atoms with Crippen LogP contribution in [0.15, 0.2) is 53.8 Å². The van der Waals surface area contributed by atoms with Crippen LogP contribution in [-0.2, 0) is 4.79 Å². The van der Waals surface area contributed by atoms with E-state index in [4.69, 9.17) is 4.74 Å². The number of ketones is 1. The molecule has 1 aliphatic rings. The quantitative estimate of drug-likeness (QED) is 0.712. The van der Waals surface area contributed by atoms with Gasteiger partial charge in [-0.1, -0.05) is 30.3 Å². The van der Waals surface area contributed by atoms with Crippen molar-refractivity contribution >= 4 is 22.6 Å². The van der Waals surface area contributed by atoms with Crippen molar-refractivity contribution in [2.45, 2.75) is 13.8 Å². The fourth-order valence-electron chi connectivity index (χ4n) is 2.22. The Morgan fingerprint density at radius 3 is 2.58 bits per heavy atom. The number of ether oxygens (including phenoxy) is 1. The average molecular weight is 250 g/mol. The molecule has 2 nitrogen and oxygen atoms in total. The Balaban J connectivity index is 2.17. The van der Waals surface area contributed by atoms with Crippen LogP contribution in [0.4, 0.5) is 0 Å². The molecule has 0 fully saturated rings. The molecule has 0 aromatic heterocycles. The third-order valence-electron chi connectivity index (χ3n) is 3.45. The van der Waals surface area contributed by atoms with Crippen molar-refractivity contribution in [1.29, 1.82) is 0 Å². The first-order valence-electron chi connectivity index (χ1n) is 6.26. The highest BCUT2D eigenvalue weighted by Gasteiger charge is 2.15. The molecular formula is C17H14O2. The van der Waals surface area contributed by atoms with Gasteiger partial charge in [-0.05, 0) is 42.8 Å². The average Bonchev–Trinajstić information content (AvgIpc) is 2.45. The Morgan fingerprint density at radius 1 is 1.00 bits per heavy atom. The molecule has 0 amide bonds. The highest BCUT2D eigenvalue weighted by Crippen LogP contribution is 2.34. The van der Waals surface area contributed by atoms with Gasteiger partial charge in [-0.3, -0.25) is 4.79 Å². The van der Waals surface area contributed by atoms with E-state index < -0.39 is 0 Å². The number of carbonyl (C=O) groups excluding carboxylic acids is 1. The number of rotatable bonds is 1. The summed E-state index contributed by atoms with van der Waals surface area (Å²) in [6.45, 7) is 3.34. The zero-order chi connectivity index (χ0) is 13.4. The molecule has 0 bridgehead atoms. The molecule has 0 radical (unpaired) electrons. The van der Waals surface area contributed by atoms with E-state index in [0.717, 1.165) is 16.7 Å². The van der Waals surface area contributed by atoms with Gasteiger partial charge in [0.1, 0.15) is 11.5 Å². The van der Waals surface area contributed by atoms with Crippen LogP contribution in [0.5, 0.6) is 5.75 Å². The number of hydrogen-bond donors (Lipinski definition) is 0. The lowest BCUT2D eigenvalue weighted by Crippen LogP contribution is -2.06. The topological polar surface area (TPSA) is 26.3 Å². The smallest absolute Gasteiger partial charge is 0.159 e. The summed E-state index contributed by atoms with van der Waals surface area (Å²) in [5, 5.41) is 2.35. The minimum Gasteiger partial charge on any atom is -0.456 e. The van der Waals surface area contributed by atoms with Crippen molar-refractivity contribution in [3.05, 3.63) is 59.4 Å². The molecule has 0 aliphatic carbocycles. The number of carbonyl (C=O) groups is 1. The van der Waals surface area contributed by atoms with E-state index in [9.17, 15) is 4.79 Å². The molecule has 3 rings (SSSR count). The molecule has 0 N–H and O–H groups in total. The molecule has 2 heteroatoms. The molecule has 2 aromatic carbocycles. The first kappa shape index (κ1) is 11.7. The van der Waals surface area contributed by atoms with Crippen molar-refractivity contribution < 1.29 is 9.53 Å². The van der Waals surface area contributed by atoms with E-state index in [0.29, 0.717) is 11.3 Å². The van der Waals surface area contributed by atoms with Crippen molar-refractivity contribution in [2.24, 2.45) is 0 Å². The summed E-state index contributed by atoms with van der Waals surface area (Å²) >= 11 is 0. The summed E-state index contributed by atoms with van der Waals surface area (Å²) in [6.07, 6.45) is 3.88. The van der Waals surface area contributed by atoms with Gasteiger partial charge in [0.25, 0.3) is 0 Å². The lowest BCUT2D eigenvalue weighted by molar-refractivity contribution is -0.113. The lowest BCUT2D eigenvalue weighted by atomic mass is 10.0. The normalized spacial score (nSPS) is 15.9. The Morgan fingerprint density at radius 2 is 1.79 bits per heavy atom. The van der Waals surface area contributed by atoms with Crippen LogP contribution in [0.25, 0.3) is 16.8 Å². The highest BCUT2D eigenvalue weighted by molar-refractivity contribution is 5.96. The Kier molecular flexibility index (Phi) is 2.71. The maximum absolute atomic E-state index is 11.4. The number of hydrogen-bond acceptors (Lipinski definition) is 2. The fraction of sp³-hybridized carbons (Fsp3) is 0.118. The van der Waals surface area contributed by atoms with Crippen molar-refractivity contribution in [2.75, 3.05) is 0 Å². The molecule has 1 heterocycles. The van der Waals surface area contributed by atoms with Gasteiger partial charge in [0, 0.05) is 11.1 Å². The molecule has 19 heavy (non-hydrogen) atoms. The van der Waals surface area contributed by atoms with Gasteiger partial charge in [0.05, 0.1) is 0 Å². The Labute approximate surface area is 112 Å². The summed E-state index contributed by atoms with van der Waals surface area (Å²) in [7, 11) is 0. The van der Waals surface area contributed by atoms with Gasteiger partial charge >= 0.3 is 0 Å². The van der Waals surface area contributed by atoms with E-state index in [2.05, 4.69) is 12.1 Å². The molecule has 2 aromatic rings. The minimum atomic E-state index is 0.0314. The van der Waals surface area contributed by atoms with Crippen LogP contribution < -0.4 is 4.74 Å². The molecule has 0 saturated carbocycles. The summed E-state index contributed by atoms with van der Waals surface area (Å²) in [5.41, 5.74) is 1.72. The van der Waals surface area contributed by atoms with E-state index in [1.807, 2.05) is 36.4 Å². The first-order valence-corrected chi connectivity index (χ1v) is 6.26. The highest BCUT2D eigenvalue weighted by atomic mass is 16.5. The number of allylic oxidation sites excluding steroid dienone is 2.